The first-order valence-electron chi connectivity index (χ1n) is 4.53. The van der Waals surface area contributed by atoms with Crippen molar-refractivity contribution in [2.45, 2.75) is 0 Å². The molecule has 74 valence electrons. The molecule has 0 saturated heterocycles. The molecule has 0 radical (unpaired) electrons. The molecule has 15 heavy (non-hydrogen) atoms. The Hall–Kier alpha value is -1.74. The van der Waals surface area contributed by atoms with E-state index in [0.717, 1.165) is 11.2 Å². The van der Waals surface area contributed by atoms with Crippen molar-refractivity contribution in [3.63, 3.8) is 0 Å². The highest BCUT2D eigenvalue weighted by Gasteiger charge is 2.08. The van der Waals surface area contributed by atoms with E-state index in [1.807, 2.05) is 24.4 Å². The fraction of sp³-hybridized carbons (Fsp3) is 0. The summed E-state index contributed by atoms with van der Waals surface area (Å²) in [7, 11) is 0. The number of aromatic amines is 1. The van der Waals surface area contributed by atoms with Crippen LogP contribution >= 0.6 is 11.6 Å². The molecule has 1 N–H and O–H groups in total. The number of H-pyrrole nitrogens is 1. The molecule has 0 aliphatic carbocycles. The largest absolute Gasteiger partial charge is 0.435 e. The van der Waals surface area contributed by atoms with Gasteiger partial charge in [-0.3, -0.25) is 0 Å². The molecule has 0 saturated carbocycles. The molecule has 0 unspecified atom stereocenters. The monoisotopic (exact) mass is 218 g/mol. The zero-order chi connectivity index (χ0) is 10.3. The molecule has 3 rings (SSSR count). The Morgan fingerprint density at radius 2 is 2.20 bits per heavy atom. The Kier molecular flexibility index (Phi) is 1.79. The van der Waals surface area contributed by atoms with Crippen LogP contribution in [0, 0.1) is 0 Å². The molecule has 0 atom stereocenters. The summed E-state index contributed by atoms with van der Waals surface area (Å²) in [6, 6.07) is 9.21. The second-order valence-corrected chi connectivity index (χ2v) is 3.65. The van der Waals surface area contributed by atoms with Gasteiger partial charge in [0.05, 0.1) is 0 Å². The van der Waals surface area contributed by atoms with Gasteiger partial charge in [-0.05, 0) is 24.3 Å². The minimum atomic E-state index is 0.581. The quantitative estimate of drug-likeness (QED) is 0.680. The van der Waals surface area contributed by atoms with Crippen LogP contribution in [0.2, 0.25) is 5.02 Å². The van der Waals surface area contributed by atoms with E-state index in [0.29, 0.717) is 16.5 Å². The van der Waals surface area contributed by atoms with Gasteiger partial charge in [-0.15, -0.1) is 0 Å². The van der Waals surface area contributed by atoms with Crippen molar-refractivity contribution in [2.24, 2.45) is 0 Å². The first-order chi connectivity index (χ1) is 7.33. The number of fused-ring (bicyclic) bond motifs is 1. The van der Waals surface area contributed by atoms with Crippen LogP contribution < -0.4 is 0 Å². The third kappa shape index (κ3) is 1.41. The van der Waals surface area contributed by atoms with Crippen molar-refractivity contribution >= 4 is 22.7 Å². The van der Waals surface area contributed by atoms with E-state index in [1.165, 1.54) is 0 Å². The van der Waals surface area contributed by atoms with Crippen molar-refractivity contribution in [2.75, 3.05) is 0 Å². The highest BCUT2D eigenvalue weighted by atomic mass is 35.5. The van der Waals surface area contributed by atoms with E-state index in [2.05, 4.69) is 9.97 Å². The molecule has 3 aromatic rings. The molecule has 4 heteroatoms. The van der Waals surface area contributed by atoms with Gasteiger partial charge >= 0.3 is 0 Å². The second kappa shape index (κ2) is 3.14. The highest BCUT2D eigenvalue weighted by Crippen LogP contribution is 2.24. The summed E-state index contributed by atoms with van der Waals surface area (Å²) in [4.78, 5) is 7.38. The van der Waals surface area contributed by atoms with Gasteiger partial charge in [-0.2, -0.15) is 0 Å². The van der Waals surface area contributed by atoms with Crippen LogP contribution in [-0.4, -0.2) is 9.97 Å². The van der Waals surface area contributed by atoms with Crippen LogP contribution in [0.15, 0.2) is 40.9 Å². The van der Waals surface area contributed by atoms with Crippen molar-refractivity contribution in [1.29, 1.82) is 0 Å². The second-order valence-electron chi connectivity index (χ2n) is 3.21. The van der Waals surface area contributed by atoms with E-state index in [1.54, 1.807) is 12.1 Å². The van der Waals surface area contributed by atoms with Crippen LogP contribution in [0.1, 0.15) is 0 Å². The van der Waals surface area contributed by atoms with Crippen LogP contribution in [0.5, 0.6) is 0 Å². The molecule has 0 bridgehead atoms. The van der Waals surface area contributed by atoms with E-state index in [4.69, 9.17) is 16.0 Å². The maximum Gasteiger partial charge on any atom is 0.244 e. The molecule has 3 nitrogen and oxygen atoms in total. The summed E-state index contributed by atoms with van der Waals surface area (Å²) in [5, 5.41) is 0.650. The SMILES string of the molecule is Clc1ccc2nc(-c3ccc[nH]3)oc2c1. The van der Waals surface area contributed by atoms with Crippen molar-refractivity contribution in [1.82, 2.24) is 9.97 Å². The summed E-state index contributed by atoms with van der Waals surface area (Å²) in [5.41, 5.74) is 2.37. The molecular weight excluding hydrogens is 212 g/mol. The smallest absolute Gasteiger partial charge is 0.244 e. The van der Waals surface area contributed by atoms with Gasteiger partial charge < -0.3 is 9.40 Å². The lowest BCUT2D eigenvalue weighted by Gasteiger charge is -1.87. The lowest BCUT2D eigenvalue weighted by atomic mass is 10.3. The lowest BCUT2D eigenvalue weighted by molar-refractivity contribution is 0.617. The number of halogens is 1. The summed E-state index contributed by atoms with van der Waals surface area (Å²) in [6.45, 7) is 0. The molecule has 2 aromatic heterocycles. The molecular formula is C11H7ClN2O. The third-order valence-electron chi connectivity index (χ3n) is 2.18. The molecule has 0 spiro atoms. The van der Waals surface area contributed by atoms with Gasteiger partial charge in [0, 0.05) is 17.3 Å². The van der Waals surface area contributed by atoms with Crippen LogP contribution in [-0.2, 0) is 0 Å². The van der Waals surface area contributed by atoms with E-state index in [-0.39, 0.29) is 0 Å². The van der Waals surface area contributed by atoms with Gasteiger partial charge in [-0.25, -0.2) is 4.98 Å². The molecule has 0 aliphatic heterocycles. The Morgan fingerprint density at radius 3 is 3.00 bits per heavy atom. The van der Waals surface area contributed by atoms with Crippen molar-refractivity contribution in [3.05, 3.63) is 41.6 Å². The first kappa shape index (κ1) is 8.56. The number of nitrogens with zero attached hydrogens (tertiary/aromatic N) is 1. The predicted molar refractivity (Wildman–Crippen MR) is 58.8 cm³/mol. The molecule has 0 aliphatic rings. The van der Waals surface area contributed by atoms with E-state index in [9.17, 15) is 0 Å². The normalized spacial score (nSPS) is 11.0. The number of benzene rings is 1. The van der Waals surface area contributed by atoms with Crippen molar-refractivity contribution < 1.29 is 4.42 Å². The average molecular weight is 219 g/mol. The topological polar surface area (TPSA) is 41.8 Å². The Bertz CT molecular complexity index is 598. The zero-order valence-electron chi connectivity index (χ0n) is 7.70. The van der Waals surface area contributed by atoms with Crippen molar-refractivity contribution in [3.8, 4) is 11.6 Å². The Balaban J connectivity index is 2.22. The number of oxazole rings is 1. The lowest BCUT2D eigenvalue weighted by Crippen LogP contribution is -1.74. The van der Waals surface area contributed by atoms with Crippen LogP contribution in [0.3, 0.4) is 0 Å². The van der Waals surface area contributed by atoms with Gasteiger partial charge in [-0.1, -0.05) is 11.6 Å². The summed E-state index contributed by atoms with van der Waals surface area (Å²) in [6.07, 6.45) is 1.83. The molecule has 2 heterocycles. The highest BCUT2D eigenvalue weighted by molar-refractivity contribution is 6.31. The fourth-order valence-electron chi connectivity index (χ4n) is 1.48. The van der Waals surface area contributed by atoms with Gasteiger partial charge in [0.25, 0.3) is 0 Å². The average Bonchev–Trinajstić information content (AvgIpc) is 2.84. The number of nitrogens with one attached hydrogen (secondary N) is 1. The fourth-order valence-corrected chi connectivity index (χ4v) is 1.64. The van der Waals surface area contributed by atoms with E-state index < -0.39 is 0 Å². The minimum Gasteiger partial charge on any atom is -0.435 e. The van der Waals surface area contributed by atoms with Gasteiger partial charge in [0.15, 0.2) is 5.58 Å². The van der Waals surface area contributed by atoms with Gasteiger partial charge in [0.1, 0.15) is 11.2 Å². The number of rotatable bonds is 1. The maximum absolute atomic E-state index is 5.86. The number of hydrogen-bond donors (Lipinski definition) is 1. The standard InChI is InChI=1S/C11H7ClN2O/c12-7-3-4-8-10(6-7)15-11(14-8)9-2-1-5-13-9/h1-6,13H. The Labute approximate surface area is 90.7 Å². The first-order valence-corrected chi connectivity index (χ1v) is 4.90. The maximum atomic E-state index is 5.86. The predicted octanol–water partition coefficient (Wildman–Crippen LogP) is 3.48. The zero-order valence-corrected chi connectivity index (χ0v) is 8.45. The summed E-state index contributed by atoms with van der Waals surface area (Å²) in [5.74, 6) is 0.581. The van der Waals surface area contributed by atoms with Crippen LogP contribution in [0.25, 0.3) is 22.7 Å². The number of hydrogen-bond acceptors (Lipinski definition) is 2. The van der Waals surface area contributed by atoms with Gasteiger partial charge in [0.2, 0.25) is 5.89 Å². The van der Waals surface area contributed by atoms with Crippen LogP contribution in [0.4, 0.5) is 0 Å². The molecule has 0 fully saturated rings. The molecule has 0 amide bonds. The number of aromatic nitrogens is 2. The molecule has 1 aromatic carbocycles. The van der Waals surface area contributed by atoms with E-state index >= 15 is 0 Å². The minimum absolute atomic E-state index is 0.581. The summed E-state index contributed by atoms with van der Waals surface area (Å²) >= 11 is 5.86. The Morgan fingerprint density at radius 1 is 1.27 bits per heavy atom. The summed E-state index contributed by atoms with van der Waals surface area (Å²) < 4.78 is 5.57. The third-order valence-corrected chi connectivity index (χ3v) is 2.41.